The lowest BCUT2D eigenvalue weighted by Crippen LogP contribution is -2.46. The number of piperazine rings is 1. The molecule has 162 valence electrons. The number of fused-ring (bicyclic) bond motifs is 1. The molecule has 3 aromatic rings. The number of carbonyl (C=O) groups is 1. The second-order valence-electron chi connectivity index (χ2n) is 8.16. The summed E-state index contributed by atoms with van der Waals surface area (Å²) in [7, 11) is 0. The Labute approximate surface area is 189 Å². The molecule has 4 rings (SSSR count). The van der Waals surface area contributed by atoms with E-state index in [1.165, 1.54) is 0 Å². The summed E-state index contributed by atoms with van der Waals surface area (Å²) < 4.78 is 0. The van der Waals surface area contributed by atoms with Crippen LogP contribution >= 0.6 is 11.6 Å². The third-order valence-corrected chi connectivity index (χ3v) is 6.33. The topological polar surface area (TPSA) is 35.6 Å². The molecule has 1 aliphatic rings. The Morgan fingerprint density at radius 2 is 1.58 bits per heavy atom. The number of hydrogen-bond donors (Lipinski definition) is 1. The normalized spacial score (nSPS) is 14.7. The summed E-state index contributed by atoms with van der Waals surface area (Å²) in [6, 6.07) is 22.1. The molecule has 0 aromatic heterocycles. The van der Waals surface area contributed by atoms with Crippen molar-refractivity contribution in [2.24, 2.45) is 0 Å². The average Bonchev–Trinajstić information content (AvgIpc) is 2.81. The first-order valence-corrected chi connectivity index (χ1v) is 11.6. The monoisotopic (exact) mass is 435 g/mol. The van der Waals surface area contributed by atoms with Crippen molar-refractivity contribution in [3.63, 3.8) is 0 Å². The maximum Gasteiger partial charge on any atom is 0.251 e. The van der Waals surface area contributed by atoms with Gasteiger partial charge >= 0.3 is 0 Å². The van der Waals surface area contributed by atoms with Crippen LogP contribution in [-0.4, -0.2) is 50.1 Å². The Morgan fingerprint density at radius 1 is 0.839 bits per heavy atom. The molecule has 31 heavy (non-hydrogen) atoms. The first kappa shape index (κ1) is 21.7. The standard InChI is InChI=1S/C26H30ClN3O/c27-24-10-4-5-11-25(24)30-18-16-29(17-19-30)15-7-1-6-14-28-26(31)23-13-12-21-8-2-3-9-22(21)20-23/h2-5,8-13,20H,1,6-7,14-19H2,(H,28,31). The van der Waals surface area contributed by atoms with E-state index in [-0.39, 0.29) is 5.91 Å². The molecule has 0 unspecified atom stereocenters. The molecule has 0 saturated carbocycles. The van der Waals surface area contributed by atoms with Crippen LogP contribution in [0.2, 0.25) is 5.02 Å². The highest BCUT2D eigenvalue weighted by molar-refractivity contribution is 6.33. The second kappa shape index (κ2) is 10.7. The van der Waals surface area contributed by atoms with Crippen LogP contribution in [0.1, 0.15) is 29.6 Å². The van der Waals surface area contributed by atoms with E-state index < -0.39 is 0 Å². The van der Waals surface area contributed by atoms with Crippen LogP contribution < -0.4 is 10.2 Å². The molecule has 0 spiro atoms. The van der Waals surface area contributed by atoms with E-state index in [1.54, 1.807) is 0 Å². The summed E-state index contributed by atoms with van der Waals surface area (Å²) in [6.45, 7) is 6.03. The molecule has 0 atom stereocenters. The van der Waals surface area contributed by atoms with Crippen molar-refractivity contribution in [1.29, 1.82) is 0 Å². The summed E-state index contributed by atoms with van der Waals surface area (Å²) in [5.41, 5.74) is 1.88. The van der Waals surface area contributed by atoms with Crippen LogP contribution in [0.3, 0.4) is 0 Å². The number of halogens is 1. The predicted octanol–water partition coefficient (Wildman–Crippen LogP) is 5.22. The fourth-order valence-corrected chi connectivity index (χ4v) is 4.45. The van der Waals surface area contributed by atoms with Gasteiger partial charge in [0.1, 0.15) is 0 Å². The van der Waals surface area contributed by atoms with Crippen LogP contribution in [0.25, 0.3) is 10.8 Å². The van der Waals surface area contributed by atoms with Crippen molar-refractivity contribution >= 4 is 34.0 Å². The molecular formula is C26H30ClN3O. The summed E-state index contributed by atoms with van der Waals surface area (Å²) in [5.74, 6) is 0.0152. The van der Waals surface area contributed by atoms with E-state index >= 15 is 0 Å². The van der Waals surface area contributed by atoms with Crippen LogP contribution in [0, 0.1) is 0 Å². The van der Waals surface area contributed by atoms with Gasteiger partial charge in [-0.15, -0.1) is 0 Å². The van der Waals surface area contributed by atoms with E-state index in [9.17, 15) is 4.79 Å². The van der Waals surface area contributed by atoms with Gasteiger partial charge in [-0.3, -0.25) is 9.69 Å². The number of rotatable bonds is 8. The van der Waals surface area contributed by atoms with E-state index in [2.05, 4.69) is 27.2 Å². The number of benzene rings is 3. The summed E-state index contributed by atoms with van der Waals surface area (Å²) in [5, 5.41) is 6.16. The van der Waals surface area contributed by atoms with Crippen LogP contribution in [-0.2, 0) is 0 Å². The van der Waals surface area contributed by atoms with Gasteiger partial charge in [-0.1, -0.05) is 60.5 Å². The molecule has 0 bridgehead atoms. The maximum atomic E-state index is 12.4. The Bertz CT molecular complexity index is 1010. The zero-order valence-electron chi connectivity index (χ0n) is 17.9. The molecule has 5 heteroatoms. The molecule has 1 saturated heterocycles. The highest BCUT2D eigenvalue weighted by Crippen LogP contribution is 2.26. The van der Waals surface area contributed by atoms with Crippen LogP contribution in [0.15, 0.2) is 66.7 Å². The number of amides is 1. The van der Waals surface area contributed by atoms with E-state index in [4.69, 9.17) is 11.6 Å². The minimum Gasteiger partial charge on any atom is -0.368 e. The SMILES string of the molecule is O=C(NCCCCCN1CCN(c2ccccc2Cl)CC1)c1ccc2ccccc2c1. The van der Waals surface area contributed by atoms with Crippen molar-refractivity contribution in [3.8, 4) is 0 Å². The maximum absolute atomic E-state index is 12.4. The van der Waals surface area contributed by atoms with Crippen molar-refractivity contribution in [1.82, 2.24) is 10.2 Å². The summed E-state index contributed by atoms with van der Waals surface area (Å²) in [4.78, 5) is 17.3. The van der Waals surface area contributed by atoms with Crippen molar-refractivity contribution in [3.05, 3.63) is 77.3 Å². The zero-order valence-corrected chi connectivity index (χ0v) is 18.7. The minimum atomic E-state index is 0.0152. The van der Waals surface area contributed by atoms with Crippen LogP contribution in [0.5, 0.6) is 0 Å². The lowest BCUT2D eigenvalue weighted by molar-refractivity contribution is 0.0953. The Hall–Kier alpha value is -2.56. The van der Waals surface area contributed by atoms with Crippen molar-refractivity contribution in [2.45, 2.75) is 19.3 Å². The van der Waals surface area contributed by atoms with E-state index in [0.29, 0.717) is 0 Å². The van der Waals surface area contributed by atoms with Gasteiger partial charge in [0.2, 0.25) is 0 Å². The number of anilines is 1. The molecule has 0 aliphatic carbocycles. The number of carbonyl (C=O) groups excluding carboxylic acids is 1. The molecule has 4 nitrogen and oxygen atoms in total. The van der Waals surface area contributed by atoms with Gasteiger partial charge in [-0.25, -0.2) is 0 Å². The van der Waals surface area contributed by atoms with E-state index in [1.807, 2.05) is 54.6 Å². The van der Waals surface area contributed by atoms with Gasteiger partial charge in [0, 0.05) is 38.3 Å². The van der Waals surface area contributed by atoms with E-state index in [0.717, 1.165) is 85.6 Å². The first-order valence-electron chi connectivity index (χ1n) is 11.2. The molecule has 3 aromatic carbocycles. The zero-order chi connectivity index (χ0) is 21.5. The molecule has 1 N–H and O–H groups in total. The second-order valence-corrected chi connectivity index (χ2v) is 8.57. The van der Waals surface area contributed by atoms with Gasteiger partial charge in [-0.2, -0.15) is 0 Å². The smallest absolute Gasteiger partial charge is 0.251 e. The summed E-state index contributed by atoms with van der Waals surface area (Å²) in [6.07, 6.45) is 3.31. The van der Waals surface area contributed by atoms with Gasteiger partial charge in [0.05, 0.1) is 10.7 Å². The number of hydrogen-bond acceptors (Lipinski definition) is 3. The molecule has 1 aliphatic heterocycles. The fourth-order valence-electron chi connectivity index (χ4n) is 4.19. The lowest BCUT2D eigenvalue weighted by atomic mass is 10.1. The minimum absolute atomic E-state index is 0.0152. The number of para-hydroxylation sites is 1. The Balaban J connectivity index is 1.11. The molecule has 1 fully saturated rings. The third-order valence-electron chi connectivity index (χ3n) is 6.01. The van der Waals surface area contributed by atoms with Gasteiger partial charge in [0.25, 0.3) is 5.91 Å². The average molecular weight is 436 g/mol. The quantitative estimate of drug-likeness (QED) is 0.493. The number of nitrogens with zero attached hydrogens (tertiary/aromatic N) is 2. The number of nitrogens with one attached hydrogen (secondary N) is 1. The van der Waals surface area contributed by atoms with Gasteiger partial charge < -0.3 is 10.2 Å². The van der Waals surface area contributed by atoms with Crippen molar-refractivity contribution in [2.75, 3.05) is 44.2 Å². The summed E-state index contributed by atoms with van der Waals surface area (Å²) >= 11 is 6.33. The molecule has 1 amide bonds. The van der Waals surface area contributed by atoms with Crippen LogP contribution in [0.4, 0.5) is 5.69 Å². The fraction of sp³-hybridized carbons (Fsp3) is 0.346. The predicted molar refractivity (Wildman–Crippen MR) is 130 cm³/mol. The Morgan fingerprint density at radius 3 is 2.39 bits per heavy atom. The Kier molecular flexibility index (Phi) is 7.44. The number of unbranched alkanes of at least 4 members (excludes halogenated alkanes) is 2. The van der Waals surface area contributed by atoms with Gasteiger partial charge in [-0.05, 0) is 54.4 Å². The van der Waals surface area contributed by atoms with Crippen molar-refractivity contribution < 1.29 is 4.79 Å². The first-order chi connectivity index (χ1) is 15.2. The molecule has 0 radical (unpaired) electrons. The molecular weight excluding hydrogens is 406 g/mol. The highest BCUT2D eigenvalue weighted by Gasteiger charge is 2.18. The largest absolute Gasteiger partial charge is 0.368 e. The molecule has 1 heterocycles. The van der Waals surface area contributed by atoms with Gasteiger partial charge in [0.15, 0.2) is 0 Å². The highest BCUT2D eigenvalue weighted by atomic mass is 35.5. The third kappa shape index (κ3) is 5.78. The lowest BCUT2D eigenvalue weighted by Gasteiger charge is -2.36.